The zero-order valence-electron chi connectivity index (χ0n) is 9.51. The fraction of sp³-hybridized carbons (Fsp3) is 0.111. The Labute approximate surface area is 115 Å². The number of nitrogens with zero attached hydrogens (tertiary/aromatic N) is 5. The first-order valence-electron chi connectivity index (χ1n) is 5.12. The minimum absolute atomic E-state index is 0.0856. The molecule has 0 aromatic carbocycles. The number of rotatable bonds is 2. The topological polar surface area (TPSA) is 109 Å². The van der Waals surface area contributed by atoms with Crippen LogP contribution in [0.3, 0.4) is 0 Å². The van der Waals surface area contributed by atoms with Gasteiger partial charge in [-0.05, 0) is 18.5 Å². The Kier molecular flexibility index (Phi) is 2.84. The summed E-state index contributed by atoms with van der Waals surface area (Å²) >= 11 is 6.95. The van der Waals surface area contributed by atoms with E-state index in [4.69, 9.17) is 11.6 Å². The number of nitrogens with one attached hydrogen (secondary N) is 2. The van der Waals surface area contributed by atoms with E-state index in [9.17, 15) is 4.79 Å². The van der Waals surface area contributed by atoms with Crippen LogP contribution in [0.4, 0.5) is 5.95 Å². The Morgan fingerprint density at radius 1 is 1.47 bits per heavy atom. The Balaban J connectivity index is 1.93. The molecule has 0 saturated carbocycles. The van der Waals surface area contributed by atoms with Crippen molar-refractivity contribution in [1.82, 2.24) is 29.5 Å². The summed E-state index contributed by atoms with van der Waals surface area (Å²) in [7, 11) is 0. The van der Waals surface area contributed by atoms with Gasteiger partial charge in [-0.25, -0.2) is 4.98 Å². The highest BCUT2D eigenvalue weighted by Gasteiger charge is 2.16. The monoisotopic (exact) mass is 295 g/mol. The number of aryl methyl sites for hydroxylation is 1. The van der Waals surface area contributed by atoms with E-state index in [1.165, 1.54) is 6.33 Å². The first kappa shape index (κ1) is 11.9. The molecule has 0 saturated heterocycles. The first-order valence-corrected chi connectivity index (χ1v) is 6.27. The van der Waals surface area contributed by atoms with Crippen LogP contribution >= 0.6 is 23.1 Å². The minimum atomic E-state index is -0.376. The third kappa shape index (κ3) is 2.13. The third-order valence-corrected chi connectivity index (χ3v) is 3.42. The number of imidazole rings is 1. The van der Waals surface area contributed by atoms with E-state index in [1.54, 1.807) is 6.92 Å². The predicted molar refractivity (Wildman–Crippen MR) is 69.3 cm³/mol. The lowest BCUT2D eigenvalue weighted by atomic mass is 10.4. The molecule has 19 heavy (non-hydrogen) atoms. The Hall–Kier alpha value is -2.13. The lowest BCUT2D eigenvalue weighted by molar-refractivity contribution is 0.102. The van der Waals surface area contributed by atoms with E-state index >= 15 is 0 Å². The maximum atomic E-state index is 11.9. The highest BCUT2D eigenvalue weighted by atomic mass is 35.5. The summed E-state index contributed by atoms with van der Waals surface area (Å²) in [5.74, 6) is -0.291. The molecule has 10 heteroatoms. The molecule has 1 amide bonds. The zero-order chi connectivity index (χ0) is 13.4. The fourth-order valence-corrected chi connectivity index (χ4v) is 2.22. The largest absolute Gasteiger partial charge is 0.341 e. The van der Waals surface area contributed by atoms with Crippen LogP contribution in [0.15, 0.2) is 6.33 Å². The molecule has 3 heterocycles. The fourth-order valence-electron chi connectivity index (χ4n) is 1.45. The van der Waals surface area contributed by atoms with Crippen LogP contribution in [0.2, 0.25) is 5.15 Å². The Morgan fingerprint density at radius 2 is 2.32 bits per heavy atom. The van der Waals surface area contributed by atoms with Crippen molar-refractivity contribution in [2.45, 2.75) is 6.92 Å². The van der Waals surface area contributed by atoms with Gasteiger partial charge in [0.05, 0.1) is 12.0 Å². The number of hydrogen-bond acceptors (Lipinski definition) is 7. The second-order valence-electron chi connectivity index (χ2n) is 3.58. The summed E-state index contributed by atoms with van der Waals surface area (Å²) in [5.41, 5.74) is 1.46. The number of hydrogen-bond donors (Lipinski definition) is 2. The number of anilines is 1. The molecule has 0 aliphatic rings. The molecule has 3 aromatic heterocycles. The van der Waals surface area contributed by atoms with Gasteiger partial charge in [0, 0.05) is 0 Å². The molecule has 2 N–H and O–H groups in total. The summed E-state index contributed by atoms with van der Waals surface area (Å²) in [6, 6.07) is 0. The number of halogens is 1. The third-order valence-electron chi connectivity index (χ3n) is 2.32. The van der Waals surface area contributed by atoms with Crippen LogP contribution in [0, 0.1) is 6.92 Å². The van der Waals surface area contributed by atoms with Gasteiger partial charge < -0.3 is 4.98 Å². The van der Waals surface area contributed by atoms with Gasteiger partial charge in [0.2, 0.25) is 5.95 Å². The number of H-pyrrole nitrogens is 1. The summed E-state index contributed by atoms with van der Waals surface area (Å²) in [6.07, 6.45) is 1.45. The van der Waals surface area contributed by atoms with Crippen LogP contribution < -0.4 is 5.32 Å². The Morgan fingerprint density at radius 3 is 3.05 bits per heavy atom. The highest BCUT2D eigenvalue weighted by Crippen LogP contribution is 2.19. The first-order chi connectivity index (χ1) is 9.15. The quantitative estimate of drug-likeness (QED) is 0.692. The second-order valence-corrected chi connectivity index (χ2v) is 4.69. The number of carbonyl (C=O) groups is 1. The number of aromatic amines is 1. The van der Waals surface area contributed by atoms with E-state index in [1.807, 2.05) is 0 Å². The van der Waals surface area contributed by atoms with Gasteiger partial charge in [-0.3, -0.25) is 10.1 Å². The Bertz CT molecular complexity index is 767. The molecule has 8 nitrogen and oxygen atoms in total. The molecule has 0 fully saturated rings. The van der Waals surface area contributed by atoms with Crippen LogP contribution in [-0.2, 0) is 0 Å². The lowest BCUT2D eigenvalue weighted by Gasteiger charge is -2.02. The van der Waals surface area contributed by atoms with Crippen LogP contribution in [0.25, 0.3) is 11.2 Å². The lowest BCUT2D eigenvalue weighted by Crippen LogP contribution is -2.14. The molecular formula is C9H6ClN7OS. The molecule has 0 bridgehead atoms. The average Bonchev–Trinajstić information content (AvgIpc) is 2.97. The number of fused-ring (bicyclic) bond motifs is 1. The minimum Gasteiger partial charge on any atom is -0.341 e. The predicted octanol–water partition coefficient (Wildman–Crippen LogP) is 1.42. The van der Waals surface area contributed by atoms with Crippen LogP contribution in [-0.4, -0.2) is 35.4 Å². The summed E-state index contributed by atoms with van der Waals surface area (Å²) < 4.78 is 3.69. The molecule has 0 aliphatic heterocycles. The van der Waals surface area contributed by atoms with Crippen molar-refractivity contribution in [2.24, 2.45) is 0 Å². The SMILES string of the molecule is Cc1nnsc1C(=O)Nc1nc(Cl)c2[nH]cnc2n1. The second kappa shape index (κ2) is 4.52. The molecule has 0 unspecified atom stereocenters. The van der Waals surface area contributed by atoms with Gasteiger partial charge in [0.25, 0.3) is 5.91 Å². The van der Waals surface area contributed by atoms with Crippen LogP contribution in [0.1, 0.15) is 15.4 Å². The van der Waals surface area contributed by atoms with E-state index in [0.717, 1.165) is 11.5 Å². The average molecular weight is 296 g/mol. The number of aromatic nitrogens is 6. The van der Waals surface area contributed by atoms with Gasteiger partial charge in [-0.1, -0.05) is 16.1 Å². The van der Waals surface area contributed by atoms with Crippen molar-refractivity contribution in [2.75, 3.05) is 5.32 Å². The molecule has 0 aliphatic carbocycles. The van der Waals surface area contributed by atoms with Crippen LogP contribution in [0.5, 0.6) is 0 Å². The summed E-state index contributed by atoms with van der Waals surface area (Å²) in [6.45, 7) is 1.70. The number of amides is 1. The molecule has 3 rings (SSSR count). The van der Waals surface area contributed by atoms with Gasteiger partial charge in [-0.2, -0.15) is 9.97 Å². The smallest absolute Gasteiger partial charge is 0.271 e. The molecular weight excluding hydrogens is 290 g/mol. The molecule has 0 spiro atoms. The molecule has 0 atom stereocenters. The maximum absolute atomic E-state index is 11.9. The van der Waals surface area contributed by atoms with Gasteiger partial charge in [-0.15, -0.1) is 5.10 Å². The van der Waals surface area contributed by atoms with Crippen molar-refractivity contribution in [3.8, 4) is 0 Å². The van der Waals surface area contributed by atoms with E-state index in [2.05, 4.69) is 34.8 Å². The van der Waals surface area contributed by atoms with Gasteiger partial charge in [0.15, 0.2) is 10.8 Å². The highest BCUT2D eigenvalue weighted by molar-refractivity contribution is 7.08. The van der Waals surface area contributed by atoms with Gasteiger partial charge in [0.1, 0.15) is 10.4 Å². The normalized spacial score (nSPS) is 10.8. The molecule has 0 radical (unpaired) electrons. The molecule has 3 aromatic rings. The summed E-state index contributed by atoms with van der Waals surface area (Å²) in [5, 5.41) is 6.49. The van der Waals surface area contributed by atoms with E-state index in [0.29, 0.717) is 21.7 Å². The van der Waals surface area contributed by atoms with Crippen molar-refractivity contribution in [3.05, 3.63) is 22.1 Å². The molecule has 96 valence electrons. The van der Waals surface area contributed by atoms with Gasteiger partial charge >= 0.3 is 0 Å². The van der Waals surface area contributed by atoms with Crippen molar-refractivity contribution >= 4 is 46.2 Å². The van der Waals surface area contributed by atoms with Crippen molar-refractivity contribution in [3.63, 3.8) is 0 Å². The zero-order valence-corrected chi connectivity index (χ0v) is 11.1. The number of carbonyl (C=O) groups excluding carboxylic acids is 1. The van der Waals surface area contributed by atoms with Crippen molar-refractivity contribution < 1.29 is 4.79 Å². The standard InChI is InChI=1S/C9H6ClN7OS/c1-3-5(19-17-16-3)8(18)15-9-13-6(10)4-7(14-9)12-2-11-4/h2H,1H3,(H2,11,12,13,14,15,18). The van der Waals surface area contributed by atoms with E-state index < -0.39 is 0 Å². The van der Waals surface area contributed by atoms with E-state index in [-0.39, 0.29) is 17.0 Å². The summed E-state index contributed by atoms with van der Waals surface area (Å²) in [4.78, 5) is 27.2. The maximum Gasteiger partial charge on any atom is 0.271 e. The van der Waals surface area contributed by atoms with Crippen molar-refractivity contribution in [1.29, 1.82) is 0 Å².